The molecule has 0 aromatic heterocycles. The second kappa shape index (κ2) is 11.7. The minimum atomic E-state index is -1.45. The molecule has 0 aliphatic carbocycles. The first-order valence-corrected chi connectivity index (χ1v) is 15.3. The first-order chi connectivity index (χ1) is 17.3. The average molecular weight is 534 g/mol. The second-order valence-electron chi connectivity index (χ2n) is 8.99. The minimum absolute atomic E-state index is 0.167. The van der Waals surface area contributed by atoms with E-state index >= 15 is 0 Å². The van der Waals surface area contributed by atoms with Crippen LogP contribution in [0.1, 0.15) is 34.4 Å². The molecule has 36 heavy (non-hydrogen) atoms. The first-order valence-electron chi connectivity index (χ1n) is 11.8. The SMILES string of the molecule is CS[C@H](c1ccccc1[S@@](=O)c1ccc(C)cc1)[C@](C)(N[S@@](=O)c1ccc(C)cc1)c1ccccc1. The lowest BCUT2D eigenvalue weighted by atomic mass is 9.86. The maximum absolute atomic E-state index is 13.8. The summed E-state index contributed by atoms with van der Waals surface area (Å²) in [6, 6.07) is 33.6. The molecule has 6 heteroatoms. The van der Waals surface area contributed by atoms with Crippen LogP contribution in [0.5, 0.6) is 0 Å². The Bertz CT molecular complexity index is 1360. The molecule has 0 saturated heterocycles. The van der Waals surface area contributed by atoms with Gasteiger partial charge >= 0.3 is 0 Å². The normalized spacial score (nSPS) is 15.6. The summed E-state index contributed by atoms with van der Waals surface area (Å²) < 4.78 is 30.8. The van der Waals surface area contributed by atoms with Crippen LogP contribution in [-0.2, 0) is 27.3 Å². The third-order valence-corrected chi connectivity index (χ3v) is 10.3. The van der Waals surface area contributed by atoms with Crippen LogP contribution in [-0.4, -0.2) is 14.7 Å². The molecule has 0 unspecified atom stereocenters. The zero-order valence-corrected chi connectivity index (χ0v) is 23.4. The number of thioether (sulfide) groups is 1. The lowest BCUT2D eigenvalue weighted by Gasteiger charge is -2.39. The Morgan fingerprint density at radius 3 is 1.83 bits per heavy atom. The molecule has 0 spiro atoms. The summed E-state index contributed by atoms with van der Waals surface area (Å²) in [5.41, 5.74) is 3.51. The van der Waals surface area contributed by atoms with E-state index in [0.29, 0.717) is 0 Å². The van der Waals surface area contributed by atoms with E-state index in [0.717, 1.165) is 36.9 Å². The van der Waals surface area contributed by atoms with Gasteiger partial charge in [-0.2, -0.15) is 11.8 Å². The van der Waals surface area contributed by atoms with Gasteiger partial charge in [-0.1, -0.05) is 83.9 Å². The van der Waals surface area contributed by atoms with Crippen LogP contribution in [0.2, 0.25) is 0 Å². The number of rotatable bonds is 9. The summed E-state index contributed by atoms with van der Waals surface area (Å²) in [5, 5.41) is -0.167. The van der Waals surface area contributed by atoms with Crippen LogP contribution < -0.4 is 4.72 Å². The number of hydrogen-bond acceptors (Lipinski definition) is 3. The third kappa shape index (κ3) is 5.73. The molecule has 186 valence electrons. The largest absolute Gasteiger partial charge is 0.249 e. The van der Waals surface area contributed by atoms with Crippen molar-refractivity contribution in [1.82, 2.24) is 4.72 Å². The highest BCUT2D eigenvalue weighted by Gasteiger charge is 2.40. The third-order valence-electron chi connectivity index (χ3n) is 6.31. The molecule has 4 rings (SSSR count). The van der Waals surface area contributed by atoms with E-state index in [2.05, 4.69) is 23.8 Å². The lowest BCUT2D eigenvalue weighted by molar-refractivity contribution is 0.431. The van der Waals surface area contributed by atoms with Gasteiger partial charge in [0, 0.05) is 9.79 Å². The van der Waals surface area contributed by atoms with Gasteiger partial charge in [0.2, 0.25) is 0 Å². The van der Waals surface area contributed by atoms with Crippen molar-refractivity contribution >= 4 is 33.5 Å². The molecule has 0 heterocycles. The fraction of sp³-hybridized carbons (Fsp3) is 0.200. The monoisotopic (exact) mass is 533 g/mol. The standard InChI is InChI=1S/C30H31NO2S3/c1-22-14-18-25(19-15-22)35(32)28-13-9-8-12-27(28)29(34-4)30(3,24-10-6-5-7-11-24)31-36(33)26-20-16-23(2)17-21-26/h5-21,29,31H,1-4H3/t29-,30-,35+,36+/m1/s1. The van der Waals surface area contributed by atoms with Crippen LogP contribution in [0.15, 0.2) is 118 Å². The highest BCUT2D eigenvalue weighted by Crippen LogP contribution is 2.46. The molecular weight excluding hydrogens is 503 g/mol. The molecule has 0 aliphatic heterocycles. The number of benzene rings is 4. The van der Waals surface area contributed by atoms with Crippen LogP contribution in [0.3, 0.4) is 0 Å². The van der Waals surface area contributed by atoms with E-state index in [1.165, 1.54) is 0 Å². The Labute approximate surface area is 223 Å². The zero-order valence-electron chi connectivity index (χ0n) is 20.9. The van der Waals surface area contributed by atoms with Gasteiger partial charge in [0.05, 0.1) is 26.5 Å². The molecule has 1 N–H and O–H groups in total. The maximum atomic E-state index is 13.8. The predicted octanol–water partition coefficient (Wildman–Crippen LogP) is 7.10. The molecule has 4 aromatic rings. The van der Waals surface area contributed by atoms with Crippen molar-refractivity contribution in [1.29, 1.82) is 0 Å². The minimum Gasteiger partial charge on any atom is -0.249 e. The van der Waals surface area contributed by atoms with Gasteiger partial charge in [-0.3, -0.25) is 0 Å². The highest BCUT2D eigenvalue weighted by atomic mass is 32.2. The van der Waals surface area contributed by atoms with Gasteiger partial charge < -0.3 is 0 Å². The molecule has 4 aromatic carbocycles. The van der Waals surface area contributed by atoms with E-state index in [1.807, 2.05) is 111 Å². The Hall–Kier alpha value is -2.51. The van der Waals surface area contributed by atoms with Crippen molar-refractivity contribution < 1.29 is 8.42 Å². The predicted molar refractivity (Wildman–Crippen MR) is 153 cm³/mol. The van der Waals surface area contributed by atoms with E-state index in [9.17, 15) is 8.42 Å². The quantitative estimate of drug-likeness (QED) is 0.250. The van der Waals surface area contributed by atoms with E-state index in [1.54, 1.807) is 11.8 Å². The van der Waals surface area contributed by atoms with Crippen molar-refractivity contribution in [2.45, 2.75) is 46.2 Å². The summed E-state index contributed by atoms with van der Waals surface area (Å²) in [5.74, 6) is 0. The second-order valence-corrected chi connectivity index (χ2v) is 12.6. The summed E-state index contributed by atoms with van der Waals surface area (Å²) in [4.78, 5) is 2.26. The number of hydrogen-bond donors (Lipinski definition) is 1. The van der Waals surface area contributed by atoms with Crippen LogP contribution in [0.4, 0.5) is 0 Å². The topological polar surface area (TPSA) is 46.2 Å². The summed E-state index contributed by atoms with van der Waals surface area (Å²) >= 11 is 1.66. The Morgan fingerprint density at radius 2 is 1.25 bits per heavy atom. The lowest BCUT2D eigenvalue weighted by Crippen LogP contribution is -2.45. The smallest absolute Gasteiger partial charge is 0.125 e. The molecule has 3 nitrogen and oxygen atoms in total. The van der Waals surface area contributed by atoms with Crippen LogP contribution in [0.25, 0.3) is 0 Å². The summed E-state index contributed by atoms with van der Waals surface area (Å²) in [7, 11) is -2.80. The average Bonchev–Trinajstić information content (AvgIpc) is 2.90. The van der Waals surface area contributed by atoms with Crippen molar-refractivity contribution in [3.05, 3.63) is 125 Å². The van der Waals surface area contributed by atoms with Gasteiger partial charge in [0.25, 0.3) is 0 Å². The molecule has 0 aliphatic rings. The Morgan fingerprint density at radius 1 is 0.722 bits per heavy atom. The van der Waals surface area contributed by atoms with Crippen molar-refractivity contribution in [3.63, 3.8) is 0 Å². The maximum Gasteiger partial charge on any atom is 0.125 e. The zero-order chi connectivity index (χ0) is 25.7. The summed E-state index contributed by atoms with van der Waals surface area (Å²) in [6.45, 7) is 6.12. The fourth-order valence-corrected chi connectivity index (χ4v) is 7.93. The molecule has 0 amide bonds. The molecule has 0 fully saturated rings. The number of aryl methyl sites for hydroxylation is 2. The van der Waals surface area contributed by atoms with Crippen molar-refractivity contribution in [2.75, 3.05) is 6.26 Å². The van der Waals surface area contributed by atoms with Gasteiger partial charge in [-0.15, -0.1) is 0 Å². The Kier molecular flexibility index (Phi) is 8.62. The Balaban J connectivity index is 1.80. The van der Waals surface area contributed by atoms with E-state index in [-0.39, 0.29) is 5.25 Å². The van der Waals surface area contributed by atoms with Crippen LogP contribution in [0, 0.1) is 13.8 Å². The molecule has 0 saturated carbocycles. The highest BCUT2D eigenvalue weighted by molar-refractivity contribution is 7.99. The van der Waals surface area contributed by atoms with Gasteiger partial charge in [0.15, 0.2) is 0 Å². The molecular formula is C30H31NO2S3. The van der Waals surface area contributed by atoms with E-state index in [4.69, 9.17) is 0 Å². The fourth-order valence-electron chi connectivity index (χ4n) is 4.29. The van der Waals surface area contributed by atoms with Crippen LogP contribution >= 0.6 is 11.8 Å². The molecule has 4 atom stereocenters. The van der Waals surface area contributed by atoms with Gasteiger partial charge in [-0.25, -0.2) is 13.1 Å². The molecule has 0 radical (unpaired) electrons. The number of nitrogens with one attached hydrogen (secondary N) is 1. The van der Waals surface area contributed by atoms with Gasteiger partial charge in [-0.05, 0) is 68.5 Å². The van der Waals surface area contributed by atoms with E-state index < -0.39 is 27.3 Å². The first kappa shape index (κ1) is 26.6. The van der Waals surface area contributed by atoms with Gasteiger partial charge in [0.1, 0.15) is 11.0 Å². The van der Waals surface area contributed by atoms with Crippen molar-refractivity contribution in [2.24, 2.45) is 0 Å². The summed E-state index contributed by atoms with van der Waals surface area (Å²) in [6.07, 6.45) is 2.05. The van der Waals surface area contributed by atoms with Crippen molar-refractivity contribution in [3.8, 4) is 0 Å². The molecule has 0 bridgehead atoms.